The van der Waals surface area contributed by atoms with Crippen molar-refractivity contribution < 1.29 is 19.1 Å². The normalized spacial score (nSPS) is 11.9. The van der Waals surface area contributed by atoms with E-state index in [2.05, 4.69) is 12.2 Å². The van der Waals surface area contributed by atoms with Crippen LogP contribution in [0.1, 0.15) is 104 Å². The number of hydrogen-bond donors (Lipinski definition) is 1. The van der Waals surface area contributed by atoms with Gasteiger partial charge >= 0.3 is 5.97 Å². The van der Waals surface area contributed by atoms with E-state index in [1.807, 2.05) is 0 Å². The molecular weight excluding hydrogens is 342 g/mol. The van der Waals surface area contributed by atoms with Crippen molar-refractivity contribution in [1.82, 2.24) is 5.32 Å². The highest BCUT2D eigenvalue weighted by molar-refractivity contribution is 5.65. The first-order valence-corrected chi connectivity index (χ1v) is 11.1. The molecule has 0 radical (unpaired) electrons. The van der Waals surface area contributed by atoms with Gasteiger partial charge in [-0.3, -0.25) is 9.59 Å². The molecule has 0 saturated carbocycles. The van der Waals surface area contributed by atoms with Crippen LogP contribution < -0.4 is 5.32 Å². The predicted octanol–water partition coefficient (Wildman–Crippen LogP) is 5.16. The summed E-state index contributed by atoms with van der Waals surface area (Å²) >= 11 is 0. The second-order valence-corrected chi connectivity index (χ2v) is 7.46. The van der Waals surface area contributed by atoms with Crippen LogP contribution in [-0.2, 0) is 19.1 Å². The summed E-state index contributed by atoms with van der Waals surface area (Å²) in [6, 6.07) is -0.266. The number of hydrogen-bond acceptors (Lipinski definition) is 4. The third-order valence-corrected chi connectivity index (χ3v) is 4.75. The zero-order valence-corrected chi connectivity index (χ0v) is 17.8. The minimum absolute atomic E-state index is 0.160. The van der Waals surface area contributed by atoms with Crippen LogP contribution in [0.3, 0.4) is 0 Å². The lowest BCUT2D eigenvalue weighted by molar-refractivity contribution is -0.142. The van der Waals surface area contributed by atoms with E-state index in [9.17, 15) is 9.59 Å². The van der Waals surface area contributed by atoms with Crippen molar-refractivity contribution in [3.05, 3.63) is 0 Å². The van der Waals surface area contributed by atoms with Gasteiger partial charge in [0.15, 0.2) is 0 Å². The van der Waals surface area contributed by atoms with Gasteiger partial charge in [-0.1, -0.05) is 90.4 Å². The molecule has 0 saturated heterocycles. The molecule has 0 fully saturated rings. The van der Waals surface area contributed by atoms with E-state index in [1.165, 1.54) is 90.4 Å². The summed E-state index contributed by atoms with van der Waals surface area (Å²) in [5.74, 6) is -0.348. The Kier molecular flexibility index (Phi) is 20.3. The first kappa shape index (κ1) is 25.9. The first-order valence-electron chi connectivity index (χ1n) is 11.1. The maximum absolute atomic E-state index is 10.8. The van der Waals surface area contributed by atoms with Crippen molar-refractivity contribution in [2.75, 3.05) is 19.8 Å². The molecule has 0 aromatic heterocycles. The number of carbonyl (C=O) groups excluding carboxylic acids is 2. The quantitative estimate of drug-likeness (QED) is 0.168. The summed E-state index contributed by atoms with van der Waals surface area (Å²) in [6.45, 7) is 4.85. The Morgan fingerprint density at radius 1 is 0.815 bits per heavy atom. The standard InChI is InChI=1S/C22H43NO4/c1-3-4-5-6-7-8-9-10-11-12-13-14-15-16-17-26-18-22(23-20-24)19-27-21(2)25/h20,22H,3-19H2,1-2H3,(H,23,24)/t22-/m1/s1. The molecule has 0 bridgehead atoms. The number of ether oxygens (including phenoxy) is 2. The van der Waals surface area contributed by atoms with Crippen LogP contribution >= 0.6 is 0 Å². The Balaban J connectivity index is 3.27. The molecule has 0 unspecified atom stereocenters. The maximum Gasteiger partial charge on any atom is 0.302 e. The van der Waals surface area contributed by atoms with Crippen LogP contribution in [-0.4, -0.2) is 38.2 Å². The lowest BCUT2D eigenvalue weighted by atomic mass is 10.0. The van der Waals surface area contributed by atoms with Crippen molar-refractivity contribution in [3.63, 3.8) is 0 Å². The SMILES string of the molecule is CCCCCCCCCCCCCCCCOC[C@H](COC(C)=O)NC=O. The molecule has 0 rings (SSSR count). The predicted molar refractivity (Wildman–Crippen MR) is 111 cm³/mol. The summed E-state index contributed by atoms with van der Waals surface area (Å²) in [5.41, 5.74) is 0. The third-order valence-electron chi connectivity index (χ3n) is 4.75. The fourth-order valence-electron chi connectivity index (χ4n) is 3.08. The zero-order valence-electron chi connectivity index (χ0n) is 17.8. The van der Waals surface area contributed by atoms with Crippen LogP contribution in [0.15, 0.2) is 0 Å². The van der Waals surface area contributed by atoms with Crippen LogP contribution in [0.4, 0.5) is 0 Å². The van der Waals surface area contributed by atoms with E-state index in [4.69, 9.17) is 9.47 Å². The average molecular weight is 386 g/mol. The molecule has 1 amide bonds. The van der Waals surface area contributed by atoms with Gasteiger partial charge < -0.3 is 14.8 Å². The van der Waals surface area contributed by atoms with Crippen LogP contribution in [0.25, 0.3) is 0 Å². The first-order chi connectivity index (χ1) is 13.2. The highest BCUT2D eigenvalue weighted by Gasteiger charge is 2.09. The van der Waals surface area contributed by atoms with Gasteiger partial charge in [0.1, 0.15) is 6.61 Å². The summed E-state index contributed by atoms with van der Waals surface area (Å²) in [6.07, 6.45) is 19.4. The van der Waals surface area contributed by atoms with Gasteiger partial charge in [0, 0.05) is 13.5 Å². The summed E-state index contributed by atoms with van der Waals surface area (Å²) < 4.78 is 10.5. The molecule has 0 aromatic rings. The van der Waals surface area contributed by atoms with Gasteiger partial charge in [0.05, 0.1) is 12.6 Å². The van der Waals surface area contributed by atoms with Crippen LogP contribution in [0.5, 0.6) is 0 Å². The van der Waals surface area contributed by atoms with E-state index in [0.29, 0.717) is 19.6 Å². The lowest BCUT2D eigenvalue weighted by Gasteiger charge is -2.15. The van der Waals surface area contributed by atoms with E-state index in [0.717, 1.165) is 6.42 Å². The lowest BCUT2D eigenvalue weighted by Crippen LogP contribution is -2.37. The third kappa shape index (κ3) is 21.1. The van der Waals surface area contributed by atoms with Crippen LogP contribution in [0, 0.1) is 0 Å². The number of rotatable bonds is 21. The summed E-state index contributed by atoms with van der Waals surface area (Å²) in [7, 11) is 0. The highest BCUT2D eigenvalue weighted by Crippen LogP contribution is 2.12. The molecule has 5 heteroatoms. The number of unbranched alkanes of at least 4 members (excludes halogenated alkanes) is 13. The smallest absolute Gasteiger partial charge is 0.302 e. The minimum atomic E-state index is -0.348. The van der Waals surface area contributed by atoms with E-state index in [1.54, 1.807) is 0 Å². The Hall–Kier alpha value is -1.10. The molecule has 0 aromatic carbocycles. The molecule has 0 spiro atoms. The van der Waals surface area contributed by atoms with Gasteiger partial charge in [0.25, 0.3) is 0 Å². The fraction of sp³-hybridized carbons (Fsp3) is 0.909. The molecule has 160 valence electrons. The topological polar surface area (TPSA) is 64.6 Å². The van der Waals surface area contributed by atoms with E-state index in [-0.39, 0.29) is 18.6 Å². The van der Waals surface area contributed by atoms with Crippen LogP contribution in [0.2, 0.25) is 0 Å². The van der Waals surface area contributed by atoms with E-state index < -0.39 is 0 Å². The van der Waals surface area contributed by atoms with Crippen molar-refractivity contribution in [3.8, 4) is 0 Å². The Morgan fingerprint density at radius 2 is 1.30 bits per heavy atom. The highest BCUT2D eigenvalue weighted by atomic mass is 16.5. The van der Waals surface area contributed by atoms with Gasteiger partial charge in [-0.15, -0.1) is 0 Å². The van der Waals surface area contributed by atoms with Crippen molar-refractivity contribution in [2.45, 2.75) is 110 Å². The van der Waals surface area contributed by atoms with Crippen molar-refractivity contribution in [2.24, 2.45) is 0 Å². The minimum Gasteiger partial charge on any atom is -0.464 e. The number of nitrogens with one attached hydrogen (secondary N) is 1. The number of amides is 1. The van der Waals surface area contributed by atoms with E-state index >= 15 is 0 Å². The van der Waals surface area contributed by atoms with Crippen molar-refractivity contribution in [1.29, 1.82) is 0 Å². The van der Waals surface area contributed by atoms with Gasteiger partial charge in [-0.25, -0.2) is 0 Å². The monoisotopic (exact) mass is 385 g/mol. The average Bonchev–Trinajstić information content (AvgIpc) is 2.65. The summed E-state index contributed by atoms with van der Waals surface area (Å²) in [5, 5.41) is 2.61. The molecule has 27 heavy (non-hydrogen) atoms. The largest absolute Gasteiger partial charge is 0.464 e. The second-order valence-electron chi connectivity index (χ2n) is 7.46. The molecule has 1 N–H and O–H groups in total. The number of carbonyl (C=O) groups is 2. The van der Waals surface area contributed by atoms with Gasteiger partial charge in [-0.05, 0) is 6.42 Å². The molecule has 1 atom stereocenters. The van der Waals surface area contributed by atoms with Gasteiger partial charge in [0.2, 0.25) is 6.41 Å². The maximum atomic E-state index is 10.8. The zero-order chi connectivity index (χ0) is 20.0. The second kappa shape index (κ2) is 21.2. The number of esters is 1. The molecule has 5 nitrogen and oxygen atoms in total. The molecule has 0 heterocycles. The molecule has 0 aliphatic carbocycles. The summed E-state index contributed by atoms with van der Waals surface area (Å²) in [4.78, 5) is 21.3. The molecule has 0 aliphatic heterocycles. The molecular formula is C22H43NO4. The Morgan fingerprint density at radius 3 is 1.74 bits per heavy atom. The Bertz CT molecular complexity index is 336. The molecule has 0 aliphatic rings. The van der Waals surface area contributed by atoms with Gasteiger partial charge in [-0.2, -0.15) is 0 Å². The fourth-order valence-corrected chi connectivity index (χ4v) is 3.08. The Labute approximate surface area is 167 Å². The van der Waals surface area contributed by atoms with Crippen molar-refractivity contribution >= 4 is 12.4 Å².